The molecule has 46 heavy (non-hydrogen) atoms. The Morgan fingerprint density at radius 2 is 1.76 bits per heavy atom. The number of amides is 4. The molecule has 0 fully saturated rings. The molecule has 0 saturated carbocycles. The Morgan fingerprint density at radius 1 is 1.00 bits per heavy atom. The number of nitrogens with zero attached hydrogens (tertiary/aromatic N) is 1. The highest BCUT2D eigenvalue weighted by Crippen LogP contribution is 2.22. The zero-order chi connectivity index (χ0) is 33.2. The predicted octanol–water partition coefficient (Wildman–Crippen LogP) is 2.06. The summed E-state index contributed by atoms with van der Waals surface area (Å²) in [6, 6.07) is 11.7. The molecule has 13 nitrogen and oxygen atoms in total. The molecule has 246 valence electrons. The van der Waals surface area contributed by atoms with Gasteiger partial charge in [-0.25, -0.2) is 0 Å². The Labute approximate surface area is 267 Å². The number of aryl methyl sites for hydroxylation is 1. The predicted molar refractivity (Wildman–Crippen MR) is 169 cm³/mol. The average Bonchev–Trinajstić information content (AvgIpc) is 3.47. The van der Waals surface area contributed by atoms with Crippen LogP contribution in [-0.2, 0) is 22.4 Å². The summed E-state index contributed by atoms with van der Waals surface area (Å²) >= 11 is 0. The van der Waals surface area contributed by atoms with Gasteiger partial charge in [0.1, 0.15) is 24.1 Å². The number of aromatic nitrogens is 1. The van der Waals surface area contributed by atoms with E-state index in [9.17, 15) is 24.0 Å². The quantitative estimate of drug-likeness (QED) is 0.306. The van der Waals surface area contributed by atoms with Crippen molar-refractivity contribution in [1.29, 1.82) is 0 Å². The second-order valence-electron chi connectivity index (χ2n) is 11.7. The normalized spacial score (nSPS) is 18.3. The summed E-state index contributed by atoms with van der Waals surface area (Å²) in [4.78, 5) is 67.0. The fraction of sp³-hybridized carbons (Fsp3) is 0.424. The first-order valence-corrected chi connectivity index (χ1v) is 15.2. The van der Waals surface area contributed by atoms with Gasteiger partial charge in [-0.15, -0.1) is 0 Å². The molecule has 2 atom stereocenters. The van der Waals surface area contributed by atoms with Crippen LogP contribution in [0.1, 0.15) is 58.7 Å². The standard InChI is InChI=1S/C33H41N5O8/c1-20(2)14-24-18-38(33(43)28-17-29(39)37-46-28)19-30(40)34-13-5-6-22-16-23(9-12-27(22)45-4)31(41)36-26(32(42)35-24)15-21-7-10-25(44-3)11-8-21/h7-12,16-17,20,24,26H,5-6,13-15,18-19H2,1-4H3,(H,34,40)(H,35,42)(H,36,41)(H,37,39)/t24-,26-/m0/s1. The largest absolute Gasteiger partial charge is 0.497 e. The molecule has 2 heterocycles. The maximum Gasteiger partial charge on any atom is 0.293 e. The summed E-state index contributed by atoms with van der Waals surface area (Å²) in [5.74, 6) is -0.904. The molecule has 0 radical (unpaired) electrons. The highest BCUT2D eigenvalue weighted by atomic mass is 16.5. The minimum atomic E-state index is -0.980. The van der Waals surface area contributed by atoms with E-state index in [0.717, 1.165) is 17.2 Å². The molecule has 0 saturated heterocycles. The van der Waals surface area contributed by atoms with E-state index < -0.39 is 41.3 Å². The van der Waals surface area contributed by atoms with Crippen LogP contribution in [0.15, 0.2) is 57.8 Å². The van der Waals surface area contributed by atoms with Gasteiger partial charge in [0, 0.05) is 31.1 Å². The number of rotatable bonds is 7. The first kappa shape index (κ1) is 33.8. The second-order valence-corrected chi connectivity index (χ2v) is 11.7. The molecule has 1 aliphatic heterocycles. The van der Waals surface area contributed by atoms with Crippen molar-refractivity contribution in [2.45, 2.75) is 51.6 Å². The SMILES string of the molecule is COc1ccc(C[C@@H]2NC(=O)c3ccc(OC)c(c3)CCCNC(=O)CN(C(=O)c3cc(=O)[nH]o3)C[C@H](CC(C)C)NC2=O)cc1. The third-order valence-electron chi connectivity index (χ3n) is 7.61. The van der Waals surface area contributed by atoms with Crippen LogP contribution in [0.2, 0.25) is 0 Å². The minimum Gasteiger partial charge on any atom is -0.497 e. The highest BCUT2D eigenvalue weighted by molar-refractivity contribution is 5.98. The molecule has 4 N–H and O–H groups in total. The number of methoxy groups -OCH3 is 2. The van der Waals surface area contributed by atoms with Crippen molar-refractivity contribution >= 4 is 23.6 Å². The van der Waals surface area contributed by atoms with Crippen LogP contribution in [0.3, 0.4) is 0 Å². The van der Waals surface area contributed by atoms with Gasteiger partial charge in [-0.1, -0.05) is 26.0 Å². The Morgan fingerprint density at radius 3 is 2.41 bits per heavy atom. The molecule has 0 spiro atoms. The van der Waals surface area contributed by atoms with Crippen LogP contribution in [0, 0.1) is 5.92 Å². The molecule has 2 bridgehead atoms. The zero-order valence-electron chi connectivity index (χ0n) is 26.5. The maximum atomic E-state index is 13.9. The smallest absolute Gasteiger partial charge is 0.293 e. The number of hydrogen-bond acceptors (Lipinski definition) is 8. The summed E-state index contributed by atoms with van der Waals surface area (Å²) in [5, 5.41) is 10.8. The minimum absolute atomic E-state index is 0.0494. The number of aromatic amines is 1. The van der Waals surface area contributed by atoms with Crippen molar-refractivity contribution in [3.05, 3.63) is 81.3 Å². The van der Waals surface area contributed by atoms with Gasteiger partial charge in [0.15, 0.2) is 0 Å². The number of ether oxygens (including phenoxy) is 2. The summed E-state index contributed by atoms with van der Waals surface area (Å²) < 4.78 is 15.8. The van der Waals surface area contributed by atoms with Gasteiger partial charge in [-0.05, 0) is 66.6 Å². The van der Waals surface area contributed by atoms with E-state index in [0.29, 0.717) is 42.9 Å². The number of fused-ring (bicyclic) bond motifs is 2. The summed E-state index contributed by atoms with van der Waals surface area (Å²) in [6.45, 7) is 3.86. The lowest BCUT2D eigenvalue weighted by atomic mass is 10.0. The van der Waals surface area contributed by atoms with Gasteiger partial charge in [0.25, 0.3) is 17.4 Å². The number of carbonyl (C=O) groups excluding carboxylic acids is 4. The Hall–Kier alpha value is -5.07. The molecule has 1 aromatic heterocycles. The van der Waals surface area contributed by atoms with E-state index in [4.69, 9.17) is 14.0 Å². The van der Waals surface area contributed by atoms with Gasteiger partial charge < -0.3 is 34.8 Å². The summed E-state index contributed by atoms with van der Waals surface area (Å²) in [6.07, 6.45) is 1.66. The third kappa shape index (κ3) is 9.22. The van der Waals surface area contributed by atoms with Crippen molar-refractivity contribution in [3.8, 4) is 11.5 Å². The maximum absolute atomic E-state index is 13.9. The lowest BCUT2D eigenvalue weighted by Gasteiger charge is -2.30. The lowest BCUT2D eigenvalue weighted by Crippen LogP contribution is -2.54. The Bertz CT molecular complexity index is 1580. The first-order valence-electron chi connectivity index (χ1n) is 15.2. The number of H-pyrrole nitrogens is 1. The monoisotopic (exact) mass is 635 g/mol. The molecule has 1 aliphatic rings. The molecule has 2 aromatic carbocycles. The van der Waals surface area contributed by atoms with Crippen molar-refractivity contribution < 1.29 is 33.2 Å². The average molecular weight is 636 g/mol. The van der Waals surface area contributed by atoms with E-state index in [1.54, 1.807) is 37.4 Å². The fourth-order valence-corrected chi connectivity index (χ4v) is 5.38. The molecule has 0 unspecified atom stereocenters. The van der Waals surface area contributed by atoms with Gasteiger partial charge in [0.05, 0.1) is 20.3 Å². The van der Waals surface area contributed by atoms with E-state index >= 15 is 0 Å². The molecule has 13 heteroatoms. The molecular weight excluding hydrogens is 594 g/mol. The topological polar surface area (TPSA) is 172 Å². The van der Waals surface area contributed by atoms with Gasteiger partial charge in [-0.2, -0.15) is 5.16 Å². The molecule has 0 aliphatic carbocycles. The van der Waals surface area contributed by atoms with Crippen LogP contribution < -0.4 is 31.0 Å². The van der Waals surface area contributed by atoms with E-state index in [-0.39, 0.29) is 31.2 Å². The molecular formula is C33H41N5O8. The Balaban J connectivity index is 1.70. The van der Waals surface area contributed by atoms with E-state index in [2.05, 4.69) is 21.1 Å². The van der Waals surface area contributed by atoms with Gasteiger partial charge >= 0.3 is 0 Å². The molecule has 3 aromatic rings. The van der Waals surface area contributed by atoms with Crippen LogP contribution in [0.5, 0.6) is 11.5 Å². The number of hydrogen-bond donors (Lipinski definition) is 4. The Kier molecular flexibility index (Phi) is 11.6. The van der Waals surface area contributed by atoms with Gasteiger partial charge in [-0.3, -0.25) is 24.0 Å². The van der Waals surface area contributed by atoms with Gasteiger partial charge in [0.2, 0.25) is 17.6 Å². The number of benzene rings is 2. The van der Waals surface area contributed by atoms with Crippen LogP contribution >= 0.6 is 0 Å². The lowest BCUT2D eigenvalue weighted by molar-refractivity contribution is -0.123. The van der Waals surface area contributed by atoms with E-state index in [1.807, 2.05) is 26.0 Å². The summed E-state index contributed by atoms with van der Waals surface area (Å²) in [5.41, 5.74) is 1.32. The van der Waals surface area contributed by atoms with Crippen LogP contribution in [0.25, 0.3) is 0 Å². The van der Waals surface area contributed by atoms with Crippen molar-refractivity contribution in [3.63, 3.8) is 0 Å². The summed E-state index contributed by atoms with van der Waals surface area (Å²) in [7, 11) is 3.10. The van der Waals surface area contributed by atoms with E-state index in [1.165, 1.54) is 12.0 Å². The molecule has 4 amide bonds. The number of carbonyl (C=O) groups is 4. The fourth-order valence-electron chi connectivity index (χ4n) is 5.38. The van der Waals surface area contributed by atoms with Crippen LogP contribution in [0.4, 0.5) is 0 Å². The number of nitrogens with one attached hydrogen (secondary N) is 4. The van der Waals surface area contributed by atoms with Crippen molar-refractivity contribution in [2.75, 3.05) is 33.9 Å². The second kappa shape index (κ2) is 15.8. The first-order chi connectivity index (χ1) is 22.1. The zero-order valence-corrected chi connectivity index (χ0v) is 26.5. The highest BCUT2D eigenvalue weighted by Gasteiger charge is 2.30. The molecule has 4 rings (SSSR count). The van der Waals surface area contributed by atoms with Crippen LogP contribution in [-0.4, -0.2) is 79.6 Å². The van der Waals surface area contributed by atoms with Crippen molar-refractivity contribution in [1.82, 2.24) is 26.0 Å². The van der Waals surface area contributed by atoms with Crippen molar-refractivity contribution in [2.24, 2.45) is 5.92 Å². The third-order valence-corrected chi connectivity index (χ3v) is 7.61.